The fourth-order valence-corrected chi connectivity index (χ4v) is 2.87. The van der Waals surface area contributed by atoms with Gasteiger partial charge >= 0.3 is 5.97 Å². The molecule has 0 aromatic carbocycles. The molecule has 2 rings (SSSR count). The number of aromatic nitrogens is 1. The average molecular weight is 263 g/mol. The summed E-state index contributed by atoms with van der Waals surface area (Å²) in [6.07, 6.45) is 2.70. The van der Waals surface area contributed by atoms with E-state index >= 15 is 0 Å². The molecule has 0 spiro atoms. The minimum Gasteiger partial charge on any atom is -0.478 e. The van der Waals surface area contributed by atoms with Crippen LogP contribution in [0.15, 0.2) is 12.3 Å². The molecule has 3 unspecified atom stereocenters. The number of aromatic carboxylic acids is 1. The molecule has 1 aliphatic heterocycles. The van der Waals surface area contributed by atoms with E-state index in [1.165, 1.54) is 18.7 Å². The zero-order chi connectivity index (χ0) is 14.2. The number of rotatable bonds is 2. The summed E-state index contributed by atoms with van der Waals surface area (Å²) in [5.74, 6) is 0.692. The standard InChI is InChI=1S/C14H21N3O2/c1-8-6-9(2)10(3)17(7-8)13-12(15)11(14(18)19)4-5-16-13/h4-5,8-10H,6-7,15H2,1-3H3,(H,18,19). The number of carbonyl (C=O) groups is 1. The Morgan fingerprint density at radius 2 is 2.16 bits per heavy atom. The van der Waals surface area contributed by atoms with Crippen LogP contribution in [0.25, 0.3) is 0 Å². The molecule has 1 fully saturated rings. The molecule has 1 aliphatic rings. The van der Waals surface area contributed by atoms with Gasteiger partial charge in [0, 0.05) is 18.8 Å². The summed E-state index contributed by atoms with van der Waals surface area (Å²) in [5, 5.41) is 9.13. The van der Waals surface area contributed by atoms with Crippen molar-refractivity contribution >= 4 is 17.5 Å². The van der Waals surface area contributed by atoms with E-state index in [4.69, 9.17) is 10.8 Å². The molecule has 5 nitrogen and oxygen atoms in total. The van der Waals surface area contributed by atoms with Gasteiger partial charge < -0.3 is 15.7 Å². The molecule has 3 N–H and O–H groups in total. The van der Waals surface area contributed by atoms with Crippen LogP contribution in [0.2, 0.25) is 0 Å². The minimum absolute atomic E-state index is 0.128. The Balaban J connectivity index is 2.40. The summed E-state index contributed by atoms with van der Waals surface area (Å²) in [7, 11) is 0. The molecular weight excluding hydrogens is 242 g/mol. The topological polar surface area (TPSA) is 79.5 Å². The number of nitrogens with two attached hydrogens (primary N) is 1. The smallest absolute Gasteiger partial charge is 0.337 e. The predicted molar refractivity (Wildman–Crippen MR) is 75.4 cm³/mol. The molecule has 0 aliphatic carbocycles. The van der Waals surface area contributed by atoms with Gasteiger partial charge in [0.1, 0.15) is 0 Å². The lowest BCUT2D eigenvalue weighted by Gasteiger charge is -2.42. The number of nitrogen functional groups attached to an aromatic ring is 1. The van der Waals surface area contributed by atoms with Crippen molar-refractivity contribution in [2.75, 3.05) is 17.2 Å². The van der Waals surface area contributed by atoms with E-state index in [1.54, 1.807) is 0 Å². The van der Waals surface area contributed by atoms with Crippen molar-refractivity contribution in [1.82, 2.24) is 4.98 Å². The third kappa shape index (κ3) is 2.50. The third-order valence-corrected chi connectivity index (χ3v) is 4.07. The van der Waals surface area contributed by atoms with Gasteiger partial charge in [-0.05, 0) is 31.2 Å². The predicted octanol–water partition coefficient (Wildman–Crippen LogP) is 2.23. The summed E-state index contributed by atoms with van der Waals surface area (Å²) >= 11 is 0. The lowest BCUT2D eigenvalue weighted by molar-refractivity contribution is 0.0698. The van der Waals surface area contributed by atoms with E-state index in [0.29, 0.717) is 23.7 Å². The van der Waals surface area contributed by atoms with Crippen molar-refractivity contribution in [2.45, 2.75) is 33.2 Å². The third-order valence-electron chi connectivity index (χ3n) is 4.07. The highest BCUT2D eigenvalue weighted by Crippen LogP contribution is 2.34. The highest BCUT2D eigenvalue weighted by atomic mass is 16.4. The van der Waals surface area contributed by atoms with Crippen LogP contribution >= 0.6 is 0 Å². The van der Waals surface area contributed by atoms with E-state index in [0.717, 1.165) is 6.54 Å². The number of pyridine rings is 1. The van der Waals surface area contributed by atoms with Gasteiger partial charge in [0.15, 0.2) is 5.82 Å². The quantitative estimate of drug-likeness (QED) is 0.855. The fraction of sp³-hybridized carbons (Fsp3) is 0.571. The second-order valence-corrected chi connectivity index (χ2v) is 5.61. The summed E-state index contributed by atoms with van der Waals surface area (Å²) < 4.78 is 0. The molecule has 0 bridgehead atoms. The number of hydrogen-bond donors (Lipinski definition) is 2. The molecular formula is C14H21N3O2. The first-order valence-corrected chi connectivity index (χ1v) is 6.66. The second-order valence-electron chi connectivity index (χ2n) is 5.61. The van der Waals surface area contributed by atoms with Crippen molar-refractivity contribution in [2.24, 2.45) is 11.8 Å². The summed E-state index contributed by atoms with van der Waals surface area (Å²) in [5.41, 5.74) is 6.38. The first-order valence-electron chi connectivity index (χ1n) is 6.66. The van der Waals surface area contributed by atoms with Gasteiger partial charge in [-0.15, -0.1) is 0 Å². The first-order chi connectivity index (χ1) is 8.91. The lowest BCUT2D eigenvalue weighted by Crippen LogP contribution is -2.46. The fourth-order valence-electron chi connectivity index (χ4n) is 2.87. The van der Waals surface area contributed by atoms with Crippen LogP contribution in [0.3, 0.4) is 0 Å². The van der Waals surface area contributed by atoms with Crippen LogP contribution in [-0.2, 0) is 0 Å². The summed E-state index contributed by atoms with van der Waals surface area (Å²) in [6, 6.07) is 1.76. The van der Waals surface area contributed by atoms with E-state index in [-0.39, 0.29) is 11.3 Å². The monoisotopic (exact) mass is 263 g/mol. The van der Waals surface area contributed by atoms with Crippen molar-refractivity contribution in [3.05, 3.63) is 17.8 Å². The highest BCUT2D eigenvalue weighted by molar-refractivity contribution is 5.96. The van der Waals surface area contributed by atoms with Crippen LogP contribution in [-0.4, -0.2) is 28.6 Å². The van der Waals surface area contributed by atoms with Crippen molar-refractivity contribution in [3.63, 3.8) is 0 Å². The molecule has 19 heavy (non-hydrogen) atoms. The number of anilines is 2. The number of carboxylic acids is 1. The molecule has 0 saturated carbocycles. The van der Waals surface area contributed by atoms with Crippen molar-refractivity contribution < 1.29 is 9.90 Å². The van der Waals surface area contributed by atoms with E-state index in [2.05, 4.69) is 30.7 Å². The molecule has 2 heterocycles. The minimum atomic E-state index is -1.01. The number of nitrogens with zero attached hydrogens (tertiary/aromatic N) is 2. The van der Waals surface area contributed by atoms with Crippen molar-refractivity contribution in [3.8, 4) is 0 Å². The van der Waals surface area contributed by atoms with Gasteiger partial charge in [0.05, 0.1) is 11.3 Å². The maximum Gasteiger partial charge on any atom is 0.337 e. The van der Waals surface area contributed by atoms with Gasteiger partial charge in [0.25, 0.3) is 0 Å². The largest absolute Gasteiger partial charge is 0.478 e. The molecule has 3 atom stereocenters. The second kappa shape index (κ2) is 5.07. The van der Waals surface area contributed by atoms with Crippen LogP contribution in [0.1, 0.15) is 37.6 Å². The van der Waals surface area contributed by atoms with Crippen LogP contribution in [0.4, 0.5) is 11.5 Å². The van der Waals surface area contributed by atoms with Crippen LogP contribution in [0, 0.1) is 11.8 Å². The normalized spacial score (nSPS) is 27.3. The van der Waals surface area contributed by atoms with Gasteiger partial charge in [-0.25, -0.2) is 9.78 Å². The van der Waals surface area contributed by atoms with Crippen LogP contribution in [0.5, 0.6) is 0 Å². The van der Waals surface area contributed by atoms with Crippen molar-refractivity contribution in [1.29, 1.82) is 0 Å². The molecule has 1 saturated heterocycles. The molecule has 104 valence electrons. The Labute approximate surface area is 113 Å². The summed E-state index contributed by atoms with van der Waals surface area (Å²) in [4.78, 5) is 17.6. The molecule has 1 aromatic rings. The number of hydrogen-bond acceptors (Lipinski definition) is 4. The SMILES string of the molecule is CC1CC(C)C(C)N(c2nccc(C(=O)O)c2N)C1. The van der Waals surface area contributed by atoms with E-state index in [9.17, 15) is 4.79 Å². The highest BCUT2D eigenvalue weighted by Gasteiger charge is 2.31. The molecule has 0 amide bonds. The Morgan fingerprint density at radius 3 is 2.79 bits per heavy atom. The maximum atomic E-state index is 11.1. The molecule has 0 radical (unpaired) electrons. The maximum absolute atomic E-state index is 11.1. The van der Waals surface area contributed by atoms with E-state index in [1.807, 2.05) is 0 Å². The Hall–Kier alpha value is -1.78. The zero-order valence-corrected chi connectivity index (χ0v) is 11.6. The number of piperidine rings is 1. The molecule has 1 aromatic heterocycles. The molecule has 5 heteroatoms. The van der Waals surface area contributed by atoms with Gasteiger partial charge in [-0.3, -0.25) is 0 Å². The Bertz CT molecular complexity index is 490. The summed E-state index contributed by atoms with van der Waals surface area (Å²) in [6.45, 7) is 7.42. The van der Waals surface area contributed by atoms with Crippen LogP contribution < -0.4 is 10.6 Å². The van der Waals surface area contributed by atoms with Gasteiger partial charge in [0.2, 0.25) is 0 Å². The van der Waals surface area contributed by atoms with Gasteiger partial charge in [-0.2, -0.15) is 0 Å². The van der Waals surface area contributed by atoms with Gasteiger partial charge in [-0.1, -0.05) is 13.8 Å². The lowest BCUT2D eigenvalue weighted by atomic mass is 9.86. The Kier molecular flexibility index (Phi) is 3.64. The first kappa shape index (κ1) is 13.6. The average Bonchev–Trinajstić information content (AvgIpc) is 2.34. The zero-order valence-electron chi connectivity index (χ0n) is 11.6. The number of carboxylic acid groups (broad SMARTS) is 1. The van der Waals surface area contributed by atoms with E-state index < -0.39 is 5.97 Å². The Morgan fingerprint density at radius 1 is 1.47 bits per heavy atom.